The van der Waals surface area contributed by atoms with Crippen LogP contribution in [-0.4, -0.2) is 26.9 Å². The van der Waals surface area contributed by atoms with E-state index in [1.165, 1.54) is 12.3 Å². The minimum absolute atomic E-state index is 0.0404. The van der Waals surface area contributed by atoms with Gasteiger partial charge in [-0.3, -0.25) is 14.8 Å². The maximum absolute atomic E-state index is 13.6. The van der Waals surface area contributed by atoms with E-state index in [-0.39, 0.29) is 18.1 Å². The highest BCUT2D eigenvalue weighted by molar-refractivity contribution is 6.10. The quantitative estimate of drug-likeness (QED) is 0.244. The number of hydrogen-bond acceptors (Lipinski definition) is 4. The number of nitrogens with zero attached hydrogens (tertiary/aromatic N) is 3. The number of Topliss-reactive ketones (excluding diaryl/α,β-unsaturated/α-hetero) is 1. The van der Waals surface area contributed by atoms with Gasteiger partial charge in [-0.25, -0.2) is 4.39 Å². The third-order valence-electron chi connectivity index (χ3n) is 5.93. The first-order valence-corrected chi connectivity index (χ1v) is 12.1. The van der Waals surface area contributed by atoms with Crippen molar-refractivity contribution >= 4 is 16.7 Å². The summed E-state index contributed by atoms with van der Waals surface area (Å²) in [5.41, 5.74) is 4.30. The van der Waals surface area contributed by atoms with Gasteiger partial charge in [0, 0.05) is 41.5 Å². The molecule has 3 aromatic heterocycles. The van der Waals surface area contributed by atoms with Crippen LogP contribution in [0.2, 0.25) is 0 Å². The molecule has 0 aliphatic carbocycles. The van der Waals surface area contributed by atoms with Crippen molar-refractivity contribution in [3.63, 3.8) is 0 Å². The molecule has 0 atom stereocenters. The monoisotopic (exact) mass is 473 g/mol. The normalized spacial score (nSPS) is 11.5. The lowest BCUT2D eigenvalue weighted by atomic mass is 9.96. The lowest BCUT2D eigenvalue weighted by molar-refractivity contribution is 0.0982. The summed E-state index contributed by atoms with van der Waals surface area (Å²) >= 11 is 0. The molecule has 5 nitrogen and oxygen atoms in total. The van der Waals surface area contributed by atoms with Gasteiger partial charge in [0.15, 0.2) is 5.78 Å². The molecule has 182 valence electrons. The Morgan fingerprint density at radius 1 is 1.09 bits per heavy atom. The zero-order chi connectivity index (χ0) is 24.9. The van der Waals surface area contributed by atoms with Gasteiger partial charge in [-0.1, -0.05) is 33.8 Å². The van der Waals surface area contributed by atoms with Crippen LogP contribution in [0.4, 0.5) is 4.39 Å². The van der Waals surface area contributed by atoms with Gasteiger partial charge in [0.1, 0.15) is 11.6 Å². The summed E-state index contributed by atoms with van der Waals surface area (Å²) in [6.07, 6.45) is 5.28. The fourth-order valence-electron chi connectivity index (χ4n) is 4.39. The third kappa shape index (κ3) is 5.76. The van der Waals surface area contributed by atoms with Crippen LogP contribution in [0.25, 0.3) is 10.9 Å². The van der Waals surface area contributed by atoms with Crippen LogP contribution in [0.15, 0.2) is 61.1 Å². The summed E-state index contributed by atoms with van der Waals surface area (Å²) in [4.78, 5) is 22.1. The summed E-state index contributed by atoms with van der Waals surface area (Å²) < 4.78 is 21.8. The van der Waals surface area contributed by atoms with Gasteiger partial charge in [0.25, 0.3) is 0 Å². The maximum Gasteiger partial charge on any atom is 0.165 e. The minimum Gasteiger partial charge on any atom is -0.493 e. The first-order chi connectivity index (χ1) is 16.8. The Kier molecular flexibility index (Phi) is 7.59. The Bertz CT molecular complexity index is 1310. The Hall–Kier alpha value is -3.54. The molecule has 0 radical (unpaired) electrons. The van der Waals surface area contributed by atoms with Gasteiger partial charge in [-0.05, 0) is 54.2 Å². The Morgan fingerprint density at radius 3 is 2.60 bits per heavy atom. The average molecular weight is 474 g/mol. The number of halogens is 1. The number of ketones is 1. The van der Waals surface area contributed by atoms with E-state index in [0.29, 0.717) is 31.1 Å². The molecule has 4 rings (SSSR count). The Morgan fingerprint density at radius 2 is 1.91 bits per heavy atom. The van der Waals surface area contributed by atoms with E-state index in [9.17, 15) is 9.18 Å². The number of aromatic nitrogens is 3. The van der Waals surface area contributed by atoms with E-state index in [1.807, 2.05) is 36.4 Å². The number of carbonyl (C=O) groups is 1. The van der Waals surface area contributed by atoms with Crippen molar-refractivity contribution in [1.29, 1.82) is 0 Å². The third-order valence-corrected chi connectivity index (χ3v) is 5.93. The van der Waals surface area contributed by atoms with E-state index in [4.69, 9.17) is 4.74 Å². The highest BCUT2D eigenvalue weighted by Gasteiger charge is 2.25. The second kappa shape index (κ2) is 10.8. The molecule has 0 saturated carbocycles. The van der Waals surface area contributed by atoms with Crippen molar-refractivity contribution in [1.82, 2.24) is 14.5 Å². The van der Waals surface area contributed by atoms with Crippen LogP contribution in [0, 0.1) is 11.7 Å². The van der Waals surface area contributed by atoms with Gasteiger partial charge in [0.05, 0.1) is 30.6 Å². The smallest absolute Gasteiger partial charge is 0.165 e. The highest BCUT2D eigenvalue weighted by Crippen LogP contribution is 2.35. The maximum atomic E-state index is 13.6. The number of fused-ring (bicyclic) bond motifs is 1. The van der Waals surface area contributed by atoms with E-state index in [2.05, 4.69) is 42.2 Å². The molecule has 1 aromatic carbocycles. The second-order valence-electron chi connectivity index (χ2n) is 9.64. The topological polar surface area (TPSA) is 57.0 Å². The molecule has 0 bridgehead atoms. The number of benzene rings is 1. The van der Waals surface area contributed by atoms with Crippen LogP contribution in [0.5, 0.6) is 5.75 Å². The van der Waals surface area contributed by atoms with Crippen LogP contribution in [0.1, 0.15) is 67.3 Å². The van der Waals surface area contributed by atoms with E-state index >= 15 is 0 Å². The number of aryl methyl sites for hydroxylation is 1. The fourth-order valence-corrected chi connectivity index (χ4v) is 4.39. The fraction of sp³-hybridized carbons (Fsp3) is 0.345. The summed E-state index contributed by atoms with van der Waals surface area (Å²) in [7, 11) is 0. The van der Waals surface area contributed by atoms with E-state index < -0.39 is 5.82 Å². The first-order valence-electron chi connectivity index (χ1n) is 12.1. The predicted molar refractivity (Wildman–Crippen MR) is 137 cm³/mol. The van der Waals surface area contributed by atoms with Gasteiger partial charge in [-0.2, -0.15) is 0 Å². The molecular weight excluding hydrogens is 441 g/mol. The summed E-state index contributed by atoms with van der Waals surface area (Å²) in [6.45, 7) is 9.61. The SMILES string of the molecule is CC(C)COc1ccc2c(C(=O)CCc3cncc(F)c3)c(C(C)C)n(Cc3ccccn3)c2c1. The van der Waals surface area contributed by atoms with Crippen LogP contribution >= 0.6 is 0 Å². The first kappa shape index (κ1) is 24.6. The van der Waals surface area contributed by atoms with Gasteiger partial charge < -0.3 is 9.30 Å². The molecule has 3 heterocycles. The Balaban J connectivity index is 1.78. The molecule has 35 heavy (non-hydrogen) atoms. The van der Waals surface area contributed by atoms with Crippen LogP contribution < -0.4 is 4.74 Å². The number of ether oxygens (including phenoxy) is 1. The molecule has 0 saturated heterocycles. The zero-order valence-electron chi connectivity index (χ0n) is 20.8. The lowest BCUT2D eigenvalue weighted by Gasteiger charge is -2.15. The molecule has 0 spiro atoms. The molecule has 6 heteroatoms. The number of rotatable bonds is 10. The average Bonchev–Trinajstić information content (AvgIpc) is 3.15. The van der Waals surface area contributed by atoms with Crippen molar-refractivity contribution < 1.29 is 13.9 Å². The van der Waals surface area contributed by atoms with Crippen molar-refractivity contribution in [2.75, 3.05) is 6.61 Å². The molecule has 0 amide bonds. The number of pyridine rings is 2. The minimum atomic E-state index is -0.390. The standard InChI is InChI=1S/C29H32FN3O2/c1-19(2)18-35-24-9-10-25-26(14-24)33(17-23-7-5-6-12-32-23)29(20(3)4)28(25)27(34)11-8-21-13-22(30)16-31-15-21/h5-7,9-10,12-16,19-20H,8,11,17-18H2,1-4H3. The predicted octanol–water partition coefficient (Wildman–Crippen LogP) is 6.59. The molecule has 0 N–H and O–H groups in total. The lowest BCUT2D eigenvalue weighted by Crippen LogP contribution is -2.11. The molecule has 0 aliphatic rings. The van der Waals surface area contributed by atoms with Crippen LogP contribution in [0.3, 0.4) is 0 Å². The number of hydrogen-bond donors (Lipinski definition) is 0. The highest BCUT2D eigenvalue weighted by atomic mass is 19.1. The van der Waals surface area contributed by atoms with E-state index in [1.54, 1.807) is 12.4 Å². The molecule has 4 aromatic rings. The Labute approximate surface area is 206 Å². The van der Waals surface area contributed by atoms with Crippen molar-refractivity contribution in [3.8, 4) is 5.75 Å². The van der Waals surface area contributed by atoms with Gasteiger partial charge >= 0.3 is 0 Å². The molecule has 0 fully saturated rings. The van der Waals surface area contributed by atoms with Gasteiger partial charge in [-0.15, -0.1) is 0 Å². The van der Waals surface area contributed by atoms with Gasteiger partial charge in [0.2, 0.25) is 0 Å². The van der Waals surface area contributed by atoms with Crippen molar-refractivity contribution in [2.45, 2.75) is 53.0 Å². The van der Waals surface area contributed by atoms with Crippen molar-refractivity contribution in [2.24, 2.45) is 5.92 Å². The molecule has 0 aliphatic heterocycles. The summed E-state index contributed by atoms with van der Waals surface area (Å²) in [5, 5.41) is 0.906. The second-order valence-corrected chi connectivity index (χ2v) is 9.64. The largest absolute Gasteiger partial charge is 0.493 e. The van der Waals surface area contributed by atoms with E-state index in [0.717, 1.165) is 33.6 Å². The van der Waals surface area contributed by atoms with Crippen molar-refractivity contribution in [3.05, 3.63) is 89.4 Å². The number of carbonyl (C=O) groups excluding carboxylic acids is 1. The summed E-state index contributed by atoms with van der Waals surface area (Å²) in [5.74, 6) is 0.955. The zero-order valence-corrected chi connectivity index (χ0v) is 20.8. The van der Waals surface area contributed by atoms with Crippen LogP contribution in [-0.2, 0) is 13.0 Å². The molecule has 0 unspecified atom stereocenters. The summed E-state index contributed by atoms with van der Waals surface area (Å²) in [6, 6.07) is 13.3. The molecular formula is C29H32FN3O2.